The summed E-state index contributed by atoms with van der Waals surface area (Å²) in [6.07, 6.45) is -22.3. The fourth-order valence-electron chi connectivity index (χ4n) is 3.88. The Labute approximate surface area is 347 Å². The molecule has 0 aromatic heterocycles. The molecular formula is C11H38NO40P11. The lowest BCUT2D eigenvalue weighted by atomic mass is 9.85. The molecule has 41 nitrogen and oxygen atoms in total. The van der Waals surface area contributed by atoms with Crippen LogP contribution in [0.4, 0.5) is 0 Å². The van der Waals surface area contributed by atoms with E-state index < -0.39 is 145 Å². The number of phosphoric ester groups is 6. The van der Waals surface area contributed by atoms with Gasteiger partial charge in [0, 0.05) is 0 Å². The van der Waals surface area contributed by atoms with Crippen molar-refractivity contribution in [3.05, 3.63) is 0 Å². The highest BCUT2D eigenvalue weighted by molar-refractivity contribution is 7.72. The molecule has 1 rings (SSSR count). The van der Waals surface area contributed by atoms with Crippen molar-refractivity contribution in [3.8, 4) is 0 Å². The van der Waals surface area contributed by atoms with Gasteiger partial charge in [-0.25, -0.2) is 27.4 Å². The van der Waals surface area contributed by atoms with E-state index in [4.69, 9.17) is 113 Å². The molecule has 1 fully saturated rings. The Balaban J connectivity index is 0. The first-order valence-electron chi connectivity index (χ1n) is 14.0. The van der Waals surface area contributed by atoms with E-state index in [0.717, 1.165) is 0 Å². The molecular weight excluding hydrogens is 1130 g/mol. The van der Waals surface area contributed by atoms with Gasteiger partial charge in [-0.3, -0.25) is 54.9 Å². The Hall–Kier alpha value is 1.33. The zero-order chi connectivity index (χ0) is 51.4. The standard InChI is InChI=1S/C6H18O24P6.C3H12NO9P3.C2H8O7P2/c7-31(8,9)25-1-2(26-32(10,11)12)4(28-34(16,17)18)6(30-36(22,23)24)5(29-35(19,20)21)3(1)27-33(13,14)15;5-14(6,7)1-4(2-15(8,9)10)3-16(11,12)13;1-2(3,10(4,5)6)11(7,8)9/h1-6H,(H2,7,8,9)(H2,10,11,12)(H2,13,14,15)(H2,16,17,18)(H2,19,20,21)(H2,22,23,24);1-3H2,(H2,5,6,7)(H2,8,9,10)(H2,11,12,13);3H,1H3,(H2,4,5,6)(H2,7,8,9). The summed E-state index contributed by atoms with van der Waals surface area (Å²) < 4.78 is 145. The van der Waals surface area contributed by atoms with Crippen LogP contribution in [-0.4, -0.2) is 178 Å². The van der Waals surface area contributed by atoms with Crippen molar-refractivity contribution in [2.75, 3.05) is 18.9 Å². The van der Waals surface area contributed by atoms with Crippen LogP contribution in [0.1, 0.15) is 6.92 Å². The maximum atomic E-state index is 11.4. The van der Waals surface area contributed by atoms with Gasteiger partial charge in [0.25, 0.3) is 5.08 Å². The van der Waals surface area contributed by atoms with Gasteiger partial charge in [0.1, 0.15) is 55.5 Å². The Morgan fingerprint density at radius 3 is 0.524 bits per heavy atom. The first-order chi connectivity index (χ1) is 26.9. The summed E-state index contributed by atoms with van der Waals surface area (Å²) in [5, 5.41) is 5.37. The zero-order valence-electron chi connectivity index (χ0n) is 29.7. The van der Waals surface area contributed by atoms with Crippen LogP contribution in [0.15, 0.2) is 0 Å². The Bertz CT molecular complexity index is 1740. The minimum Gasteiger partial charge on any atom is -0.368 e. The summed E-state index contributed by atoms with van der Waals surface area (Å²) in [4.78, 5) is 194. The van der Waals surface area contributed by atoms with Gasteiger partial charge in [0.2, 0.25) is 0 Å². The maximum Gasteiger partial charge on any atom is 0.470 e. The third-order valence-corrected chi connectivity index (χ3v) is 14.9. The van der Waals surface area contributed by atoms with Crippen LogP contribution < -0.4 is 0 Å². The monoisotopic (exact) mass is 1160 g/mol. The molecule has 23 N–H and O–H groups in total. The maximum absolute atomic E-state index is 11.4. The molecule has 0 spiro atoms. The van der Waals surface area contributed by atoms with Crippen molar-refractivity contribution in [2.45, 2.75) is 48.6 Å². The normalized spacial score (nSPS) is 23.1. The second-order valence-corrected chi connectivity index (χ2v) is 27.8. The van der Waals surface area contributed by atoms with Crippen LogP contribution in [0.25, 0.3) is 0 Å². The van der Waals surface area contributed by atoms with Crippen molar-refractivity contribution < 1.29 is 190 Å². The van der Waals surface area contributed by atoms with E-state index in [1.807, 2.05) is 0 Å². The molecule has 52 heteroatoms. The molecule has 0 aliphatic heterocycles. The van der Waals surface area contributed by atoms with E-state index in [1.165, 1.54) is 0 Å². The van der Waals surface area contributed by atoms with E-state index in [1.54, 1.807) is 0 Å². The van der Waals surface area contributed by atoms with Crippen LogP contribution in [0.3, 0.4) is 0 Å². The smallest absolute Gasteiger partial charge is 0.368 e. The molecule has 0 aromatic rings. The Kier molecular flexibility index (Phi) is 24.3. The summed E-state index contributed by atoms with van der Waals surface area (Å²) in [5.74, 6) is 0. The summed E-state index contributed by atoms with van der Waals surface area (Å²) in [6.45, 7) is 0.383. The van der Waals surface area contributed by atoms with Crippen LogP contribution in [0.2, 0.25) is 0 Å². The van der Waals surface area contributed by atoms with Gasteiger partial charge in [0.05, 0.1) is 0 Å². The van der Waals surface area contributed by atoms with Gasteiger partial charge in [-0.1, -0.05) is 0 Å². The number of nitrogens with zero attached hydrogens (tertiary/aromatic N) is 1. The first-order valence-corrected chi connectivity index (χ1v) is 31.8. The minimum absolute atomic E-state index is 0.336. The van der Waals surface area contributed by atoms with E-state index in [2.05, 4.69) is 27.1 Å². The SMILES string of the molecule is CC(O)(P(=O)(O)O)P(=O)(O)O.O=P(O)(O)CN(CP(=O)(O)O)CP(=O)(O)O.O=P(O)(O)OC1C(OP(=O)(O)O)C(OP(=O)(O)O)C(OP(=O)(O)O)C(OP(=O)(O)O)C1OP(=O)(O)O. The summed E-state index contributed by atoms with van der Waals surface area (Å²) >= 11 is 0. The third-order valence-electron chi connectivity index (χ3n) is 5.75. The molecule has 0 bridgehead atoms. The molecule has 0 atom stereocenters. The molecule has 1 saturated carbocycles. The van der Waals surface area contributed by atoms with Crippen LogP contribution in [0, 0.1) is 0 Å². The molecule has 382 valence electrons. The lowest BCUT2D eigenvalue weighted by Crippen LogP contribution is -2.66. The molecule has 0 aromatic carbocycles. The number of aliphatic hydroxyl groups is 1. The van der Waals surface area contributed by atoms with Gasteiger partial charge >= 0.3 is 84.9 Å². The van der Waals surface area contributed by atoms with Gasteiger partial charge in [-0.2, -0.15) is 0 Å². The zero-order valence-corrected chi connectivity index (χ0v) is 39.5. The van der Waals surface area contributed by atoms with Gasteiger partial charge in [-0.05, 0) is 6.92 Å². The number of hydrogen-bond acceptors (Lipinski definition) is 19. The second kappa shape index (κ2) is 23.0. The average molecular weight is 1170 g/mol. The van der Waals surface area contributed by atoms with Crippen molar-refractivity contribution in [1.82, 2.24) is 4.90 Å². The molecule has 0 amide bonds. The van der Waals surface area contributed by atoms with Crippen LogP contribution >= 0.6 is 84.9 Å². The van der Waals surface area contributed by atoms with Crippen LogP contribution in [0.5, 0.6) is 0 Å². The minimum atomic E-state index is -6.02. The molecule has 63 heavy (non-hydrogen) atoms. The van der Waals surface area contributed by atoms with Gasteiger partial charge in [0.15, 0.2) is 0 Å². The summed E-state index contributed by atoms with van der Waals surface area (Å²) in [7, 11) is -60.5. The van der Waals surface area contributed by atoms with E-state index >= 15 is 0 Å². The fourth-order valence-corrected chi connectivity index (χ4v) is 11.2. The molecule has 0 unspecified atom stereocenters. The summed E-state index contributed by atoms with van der Waals surface area (Å²) in [6, 6.07) is 0. The average Bonchev–Trinajstić information content (AvgIpc) is 2.87. The summed E-state index contributed by atoms with van der Waals surface area (Å²) in [5.41, 5.74) is 0. The number of hydrogen-bond donors (Lipinski definition) is 23. The largest absolute Gasteiger partial charge is 0.470 e. The first kappa shape index (κ1) is 66.4. The predicted octanol–water partition coefficient (Wildman–Crippen LogP) is -5.43. The molecule has 1 aliphatic carbocycles. The van der Waals surface area contributed by atoms with E-state index in [9.17, 15) is 50.2 Å². The van der Waals surface area contributed by atoms with Gasteiger partial charge < -0.3 is 113 Å². The number of phosphoric acid groups is 6. The highest BCUT2D eigenvalue weighted by Crippen LogP contribution is 2.67. The molecule has 0 heterocycles. The number of rotatable bonds is 20. The molecule has 0 radical (unpaired) electrons. The van der Waals surface area contributed by atoms with Crippen molar-refractivity contribution in [1.29, 1.82) is 0 Å². The molecule has 0 saturated heterocycles. The van der Waals surface area contributed by atoms with Crippen molar-refractivity contribution in [3.63, 3.8) is 0 Å². The highest BCUT2D eigenvalue weighted by atomic mass is 31.2. The fraction of sp³-hybridized carbons (Fsp3) is 1.00. The van der Waals surface area contributed by atoms with Gasteiger partial charge in [-0.15, -0.1) is 0 Å². The second-order valence-electron chi connectivity index (χ2n) is 11.5. The van der Waals surface area contributed by atoms with E-state index in [0.29, 0.717) is 11.8 Å². The lowest BCUT2D eigenvalue weighted by Gasteiger charge is -2.48. The third kappa shape index (κ3) is 30.5. The predicted molar refractivity (Wildman–Crippen MR) is 189 cm³/mol. The van der Waals surface area contributed by atoms with Crippen molar-refractivity contribution in [2.24, 2.45) is 0 Å². The topological polar surface area (TPSA) is 712 Å². The van der Waals surface area contributed by atoms with E-state index in [-0.39, 0.29) is 0 Å². The Morgan fingerprint density at radius 1 is 0.333 bits per heavy atom. The van der Waals surface area contributed by atoms with Crippen molar-refractivity contribution >= 4 is 84.9 Å². The lowest BCUT2D eigenvalue weighted by molar-refractivity contribution is -0.202. The quantitative estimate of drug-likeness (QED) is 0.0506. The highest BCUT2D eigenvalue weighted by Gasteiger charge is 2.63. The Morgan fingerprint density at radius 2 is 0.460 bits per heavy atom. The molecule has 1 aliphatic rings. The van der Waals surface area contributed by atoms with Crippen LogP contribution in [-0.2, 0) is 77.4 Å².